The van der Waals surface area contributed by atoms with Crippen molar-refractivity contribution in [2.24, 2.45) is 0 Å². The smallest absolute Gasteiger partial charge is 0.254 e. The standard InChI is InChI=1S/C21H18F2N4O4/c22-15-2-1-3-16(23)17(15)19-26-18(24-12-28)20(31-19)25-14-6-4-13(5-7-14)21(29)27-8-10-30-11-9-27/h1-7,12,25H,8-11H2,(H,24,28). The summed E-state index contributed by atoms with van der Waals surface area (Å²) in [5.74, 6) is -2.19. The SMILES string of the molecule is O=CNc1nc(-c2c(F)cccc2F)oc1Nc1ccc(C(=O)N2CCOCC2)cc1. The van der Waals surface area contributed by atoms with Gasteiger partial charge in [-0.15, -0.1) is 0 Å². The van der Waals surface area contributed by atoms with Crippen LogP contribution in [0.5, 0.6) is 0 Å². The largest absolute Gasteiger partial charge is 0.418 e. The zero-order valence-corrected chi connectivity index (χ0v) is 16.2. The van der Waals surface area contributed by atoms with Crippen LogP contribution < -0.4 is 10.6 Å². The van der Waals surface area contributed by atoms with Gasteiger partial charge in [0.25, 0.3) is 5.91 Å². The number of hydrogen-bond acceptors (Lipinski definition) is 6. The number of anilines is 3. The number of morpholine rings is 1. The third kappa shape index (κ3) is 4.38. The lowest BCUT2D eigenvalue weighted by Gasteiger charge is -2.26. The Morgan fingerprint density at radius 3 is 2.39 bits per heavy atom. The molecule has 2 amide bonds. The van der Waals surface area contributed by atoms with Crippen molar-refractivity contribution < 1.29 is 27.5 Å². The average Bonchev–Trinajstić information content (AvgIpc) is 3.16. The fourth-order valence-electron chi connectivity index (χ4n) is 3.14. The zero-order valence-electron chi connectivity index (χ0n) is 16.2. The van der Waals surface area contributed by atoms with Crippen molar-refractivity contribution in [1.29, 1.82) is 0 Å². The van der Waals surface area contributed by atoms with Gasteiger partial charge in [0.1, 0.15) is 17.2 Å². The van der Waals surface area contributed by atoms with E-state index in [-0.39, 0.29) is 23.5 Å². The van der Waals surface area contributed by atoms with Gasteiger partial charge >= 0.3 is 0 Å². The topological polar surface area (TPSA) is 96.7 Å². The molecule has 0 saturated carbocycles. The second-order valence-electron chi connectivity index (χ2n) is 6.66. The summed E-state index contributed by atoms with van der Waals surface area (Å²) < 4.78 is 38.9. The second kappa shape index (κ2) is 8.92. The Labute approximate surface area is 175 Å². The van der Waals surface area contributed by atoms with Crippen molar-refractivity contribution in [3.05, 3.63) is 59.7 Å². The van der Waals surface area contributed by atoms with Crippen LogP contribution >= 0.6 is 0 Å². The van der Waals surface area contributed by atoms with E-state index in [1.807, 2.05) is 0 Å². The second-order valence-corrected chi connectivity index (χ2v) is 6.66. The van der Waals surface area contributed by atoms with Crippen molar-refractivity contribution in [3.8, 4) is 11.5 Å². The van der Waals surface area contributed by atoms with Crippen LogP contribution in [0.15, 0.2) is 46.9 Å². The third-order valence-electron chi connectivity index (χ3n) is 4.69. The lowest BCUT2D eigenvalue weighted by Crippen LogP contribution is -2.40. The van der Waals surface area contributed by atoms with Gasteiger partial charge in [-0.3, -0.25) is 9.59 Å². The molecular weight excluding hydrogens is 410 g/mol. The molecule has 0 atom stereocenters. The zero-order chi connectivity index (χ0) is 21.8. The van der Waals surface area contributed by atoms with E-state index in [2.05, 4.69) is 15.6 Å². The van der Waals surface area contributed by atoms with Crippen molar-refractivity contribution in [2.75, 3.05) is 36.9 Å². The van der Waals surface area contributed by atoms with Crippen molar-refractivity contribution in [2.45, 2.75) is 0 Å². The molecular formula is C21H18F2N4O4. The first-order chi connectivity index (χ1) is 15.1. The predicted molar refractivity (Wildman–Crippen MR) is 108 cm³/mol. The number of nitrogens with zero attached hydrogens (tertiary/aromatic N) is 2. The van der Waals surface area contributed by atoms with E-state index in [4.69, 9.17) is 9.15 Å². The molecule has 31 heavy (non-hydrogen) atoms. The van der Waals surface area contributed by atoms with Crippen LogP contribution in [0.2, 0.25) is 0 Å². The third-order valence-corrected chi connectivity index (χ3v) is 4.69. The molecule has 160 valence electrons. The van der Waals surface area contributed by atoms with Gasteiger partial charge in [-0.2, -0.15) is 4.98 Å². The molecule has 2 heterocycles. The van der Waals surface area contributed by atoms with Gasteiger partial charge in [0.15, 0.2) is 5.82 Å². The van der Waals surface area contributed by atoms with Gasteiger partial charge in [0.05, 0.1) is 13.2 Å². The normalized spacial score (nSPS) is 13.7. The molecule has 2 N–H and O–H groups in total. The predicted octanol–water partition coefficient (Wildman–Crippen LogP) is 3.40. The van der Waals surface area contributed by atoms with E-state index < -0.39 is 17.2 Å². The number of oxazole rings is 1. The lowest BCUT2D eigenvalue weighted by atomic mass is 10.1. The first-order valence-electron chi connectivity index (χ1n) is 9.46. The Hall–Kier alpha value is -3.79. The number of carbonyl (C=O) groups is 2. The molecule has 1 aliphatic rings. The minimum atomic E-state index is -0.851. The number of carbonyl (C=O) groups excluding carboxylic acids is 2. The molecule has 0 unspecified atom stereocenters. The van der Waals surface area contributed by atoms with Crippen LogP contribution in [0.4, 0.5) is 26.2 Å². The Balaban J connectivity index is 1.56. The van der Waals surface area contributed by atoms with Gasteiger partial charge in [0, 0.05) is 24.3 Å². The number of hydrogen-bond donors (Lipinski definition) is 2. The van der Waals surface area contributed by atoms with E-state index in [1.165, 1.54) is 6.07 Å². The molecule has 0 aliphatic carbocycles. The Morgan fingerprint density at radius 1 is 1.06 bits per heavy atom. The lowest BCUT2D eigenvalue weighted by molar-refractivity contribution is -0.105. The van der Waals surface area contributed by atoms with Gasteiger partial charge in [0.2, 0.25) is 18.2 Å². The Morgan fingerprint density at radius 2 is 1.74 bits per heavy atom. The number of rotatable bonds is 6. The molecule has 0 spiro atoms. The molecule has 3 aromatic rings. The maximum atomic E-state index is 14.1. The minimum absolute atomic E-state index is 0.0167. The van der Waals surface area contributed by atoms with Gasteiger partial charge in [-0.25, -0.2) is 8.78 Å². The summed E-state index contributed by atoms with van der Waals surface area (Å²) in [7, 11) is 0. The Kier molecular flexibility index (Phi) is 5.89. The van der Waals surface area contributed by atoms with Gasteiger partial charge in [-0.05, 0) is 36.4 Å². The van der Waals surface area contributed by atoms with E-state index in [9.17, 15) is 18.4 Å². The highest BCUT2D eigenvalue weighted by molar-refractivity contribution is 5.94. The first kappa shape index (κ1) is 20.5. The molecule has 1 aliphatic heterocycles. The van der Waals surface area contributed by atoms with Gasteiger partial charge < -0.3 is 24.7 Å². The molecule has 0 bridgehead atoms. The highest BCUT2D eigenvalue weighted by atomic mass is 19.1. The van der Waals surface area contributed by atoms with Crippen LogP contribution in [0.1, 0.15) is 10.4 Å². The molecule has 0 radical (unpaired) electrons. The Bertz CT molecular complexity index is 1080. The number of aromatic nitrogens is 1. The summed E-state index contributed by atoms with van der Waals surface area (Å²) in [6.45, 7) is 2.09. The molecule has 1 saturated heterocycles. The van der Waals surface area contributed by atoms with Crippen LogP contribution in [-0.4, -0.2) is 48.5 Å². The summed E-state index contributed by atoms with van der Waals surface area (Å²) in [6, 6.07) is 9.94. The summed E-state index contributed by atoms with van der Waals surface area (Å²) in [6.07, 6.45) is 0.370. The van der Waals surface area contributed by atoms with Crippen molar-refractivity contribution in [3.63, 3.8) is 0 Å². The number of ether oxygens (including phenoxy) is 1. The number of nitrogens with one attached hydrogen (secondary N) is 2. The molecule has 1 aromatic heterocycles. The maximum absolute atomic E-state index is 14.1. The molecule has 2 aromatic carbocycles. The van der Waals surface area contributed by atoms with Gasteiger partial charge in [-0.1, -0.05) is 6.07 Å². The molecule has 8 nitrogen and oxygen atoms in total. The maximum Gasteiger partial charge on any atom is 0.254 e. The van der Waals surface area contributed by atoms with Crippen molar-refractivity contribution >= 4 is 29.7 Å². The highest BCUT2D eigenvalue weighted by Crippen LogP contribution is 2.33. The molecule has 1 fully saturated rings. The van der Waals surface area contributed by atoms with Crippen LogP contribution in [0.25, 0.3) is 11.5 Å². The minimum Gasteiger partial charge on any atom is -0.418 e. The molecule has 4 rings (SSSR count). The van der Waals surface area contributed by atoms with Crippen LogP contribution in [0, 0.1) is 11.6 Å². The summed E-state index contributed by atoms with van der Waals surface area (Å²) >= 11 is 0. The summed E-state index contributed by atoms with van der Waals surface area (Å²) in [5.41, 5.74) is 0.575. The fourth-order valence-corrected chi connectivity index (χ4v) is 3.14. The molecule has 10 heteroatoms. The quantitative estimate of drug-likeness (QED) is 0.584. The fraction of sp³-hybridized carbons (Fsp3) is 0.190. The summed E-state index contributed by atoms with van der Waals surface area (Å²) in [5, 5.41) is 5.22. The van der Waals surface area contributed by atoms with E-state index in [1.54, 1.807) is 29.2 Å². The van der Waals surface area contributed by atoms with Crippen LogP contribution in [0.3, 0.4) is 0 Å². The number of halogens is 2. The van der Waals surface area contributed by atoms with Crippen LogP contribution in [-0.2, 0) is 9.53 Å². The van der Waals surface area contributed by atoms with E-state index in [0.29, 0.717) is 44.0 Å². The highest BCUT2D eigenvalue weighted by Gasteiger charge is 2.21. The van der Waals surface area contributed by atoms with E-state index in [0.717, 1.165) is 12.1 Å². The number of benzene rings is 2. The van der Waals surface area contributed by atoms with Crippen molar-refractivity contribution in [1.82, 2.24) is 9.88 Å². The number of amides is 2. The summed E-state index contributed by atoms with van der Waals surface area (Å²) in [4.78, 5) is 29.1. The van der Waals surface area contributed by atoms with E-state index >= 15 is 0 Å². The first-order valence-corrected chi connectivity index (χ1v) is 9.46. The monoisotopic (exact) mass is 428 g/mol. The average molecular weight is 428 g/mol.